The van der Waals surface area contributed by atoms with Crippen LogP contribution in [0.25, 0.3) is 0 Å². The van der Waals surface area contributed by atoms with Crippen LogP contribution in [0, 0.1) is 0 Å². The van der Waals surface area contributed by atoms with Crippen LogP contribution < -0.4 is 19.8 Å². The molecule has 0 spiro atoms. The fourth-order valence-corrected chi connectivity index (χ4v) is 3.62. The first kappa shape index (κ1) is 23.5. The molecule has 32 heavy (non-hydrogen) atoms. The third-order valence-corrected chi connectivity index (χ3v) is 5.43. The van der Waals surface area contributed by atoms with Crippen molar-refractivity contribution in [2.24, 2.45) is 0 Å². The van der Waals surface area contributed by atoms with Crippen molar-refractivity contribution in [1.82, 2.24) is 4.57 Å². The summed E-state index contributed by atoms with van der Waals surface area (Å²) >= 11 is 12.5. The van der Waals surface area contributed by atoms with Gasteiger partial charge >= 0.3 is 5.97 Å². The third-order valence-electron chi connectivity index (χ3n) is 4.83. The van der Waals surface area contributed by atoms with Gasteiger partial charge in [0.15, 0.2) is 0 Å². The Bertz CT molecular complexity index is 1150. The first-order chi connectivity index (χ1) is 15.3. The largest absolute Gasteiger partial charge is 0.496 e. The Morgan fingerprint density at radius 1 is 0.938 bits per heavy atom. The molecular formula is C23H21Cl2NO6. The Morgan fingerprint density at radius 3 is 2.09 bits per heavy atom. The number of nitrogens with zero attached hydrogens (tertiary/aromatic N) is 1. The van der Waals surface area contributed by atoms with Crippen LogP contribution in [0.4, 0.5) is 0 Å². The van der Waals surface area contributed by atoms with Crippen LogP contribution in [0.1, 0.15) is 21.6 Å². The highest BCUT2D eigenvalue weighted by Gasteiger charge is 2.15. The van der Waals surface area contributed by atoms with E-state index < -0.39 is 5.97 Å². The highest BCUT2D eigenvalue weighted by Crippen LogP contribution is 2.29. The number of aromatic nitrogens is 1. The standard InChI is InChI=1S/C23H21Cl2NO6/c1-30-16-9-17(31-2)11-18(10-16)32-13-21-19(24)12-20(25)22(27)26(21)8-7-14-3-5-15(6-4-14)23(28)29/h3-6,9-12H,7-8,13H2,1-2H3,(H,28,29). The fraction of sp³-hybridized carbons (Fsp3) is 0.217. The van der Waals surface area contributed by atoms with Crippen molar-refractivity contribution in [2.75, 3.05) is 14.2 Å². The summed E-state index contributed by atoms with van der Waals surface area (Å²) in [7, 11) is 3.07. The van der Waals surface area contributed by atoms with E-state index in [-0.39, 0.29) is 29.3 Å². The summed E-state index contributed by atoms with van der Waals surface area (Å²) < 4.78 is 17.8. The lowest BCUT2D eigenvalue weighted by atomic mass is 10.1. The zero-order valence-corrected chi connectivity index (χ0v) is 18.9. The van der Waals surface area contributed by atoms with E-state index in [4.69, 9.17) is 42.5 Å². The van der Waals surface area contributed by atoms with Gasteiger partial charge in [0.2, 0.25) is 0 Å². The molecule has 0 fully saturated rings. The second-order valence-corrected chi connectivity index (χ2v) is 7.65. The first-order valence-corrected chi connectivity index (χ1v) is 10.3. The SMILES string of the molecule is COc1cc(OC)cc(OCc2c(Cl)cc(Cl)c(=O)n2CCc2ccc(C(=O)O)cc2)c1. The smallest absolute Gasteiger partial charge is 0.335 e. The summed E-state index contributed by atoms with van der Waals surface area (Å²) in [4.78, 5) is 23.7. The van der Waals surface area contributed by atoms with Gasteiger partial charge in [-0.1, -0.05) is 35.3 Å². The van der Waals surface area contributed by atoms with Crippen molar-refractivity contribution < 1.29 is 24.1 Å². The molecule has 1 N–H and O–H groups in total. The Morgan fingerprint density at radius 2 is 1.53 bits per heavy atom. The van der Waals surface area contributed by atoms with Crippen molar-refractivity contribution >= 4 is 29.2 Å². The van der Waals surface area contributed by atoms with Crippen molar-refractivity contribution in [3.05, 3.63) is 85.8 Å². The molecule has 0 radical (unpaired) electrons. The summed E-state index contributed by atoms with van der Waals surface area (Å²) in [5.74, 6) is 0.603. The number of carboxylic acids is 1. The number of aryl methyl sites for hydroxylation is 1. The Labute approximate surface area is 194 Å². The molecule has 1 heterocycles. The van der Waals surface area contributed by atoms with E-state index in [9.17, 15) is 9.59 Å². The number of rotatable bonds is 9. The van der Waals surface area contributed by atoms with E-state index in [0.29, 0.717) is 34.4 Å². The number of aromatic carboxylic acids is 1. The molecule has 0 aliphatic rings. The Kier molecular flexibility index (Phi) is 7.66. The third kappa shape index (κ3) is 5.55. The topological polar surface area (TPSA) is 87.0 Å². The van der Waals surface area contributed by atoms with Crippen molar-refractivity contribution in [3.63, 3.8) is 0 Å². The molecular weight excluding hydrogens is 457 g/mol. The Hall–Kier alpha value is -3.16. The van der Waals surface area contributed by atoms with Crippen molar-refractivity contribution in [2.45, 2.75) is 19.6 Å². The summed E-state index contributed by atoms with van der Waals surface area (Å²) in [6, 6.07) is 13.0. The maximum Gasteiger partial charge on any atom is 0.335 e. The van der Waals surface area contributed by atoms with E-state index in [2.05, 4.69) is 0 Å². The minimum absolute atomic E-state index is 0.00280. The molecule has 9 heteroatoms. The molecule has 3 rings (SSSR count). The minimum Gasteiger partial charge on any atom is -0.496 e. The maximum atomic E-state index is 12.7. The van der Waals surface area contributed by atoms with Gasteiger partial charge in [0.25, 0.3) is 5.56 Å². The van der Waals surface area contributed by atoms with Gasteiger partial charge in [-0.2, -0.15) is 0 Å². The van der Waals surface area contributed by atoms with E-state index in [1.807, 2.05) is 0 Å². The van der Waals surface area contributed by atoms with Gasteiger partial charge in [0.05, 0.1) is 30.5 Å². The van der Waals surface area contributed by atoms with Gasteiger partial charge < -0.3 is 23.9 Å². The molecule has 0 atom stereocenters. The molecule has 0 unspecified atom stereocenters. The summed E-state index contributed by atoms with van der Waals surface area (Å²) in [6.45, 7) is 0.297. The minimum atomic E-state index is -0.997. The van der Waals surface area contributed by atoms with Crippen LogP contribution in [0.15, 0.2) is 53.3 Å². The second kappa shape index (κ2) is 10.4. The van der Waals surface area contributed by atoms with Crippen LogP contribution in [0.5, 0.6) is 17.2 Å². The molecule has 168 valence electrons. The predicted molar refractivity (Wildman–Crippen MR) is 122 cm³/mol. The first-order valence-electron chi connectivity index (χ1n) is 9.58. The van der Waals surface area contributed by atoms with E-state index >= 15 is 0 Å². The number of benzene rings is 2. The van der Waals surface area contributed by atoms with Gasteiger partial charge in [-0.3, -0.25) is 4.79 Å². The molecule has 1 aromatic heterocycles. The monoisotopic (exact) mass is 477 g/mol. The molecule has 0 bridgehead atoms. The van der Waals surface area contributed by atoms with Crippen molar-refractivity contribution in [1.29, 1.82) is 0 Å². The zero-order chi connectivity index (χ0) is 23.3. The highest BCUT2D eigenvalue weighted by molar-refractivity contribution is 6.34. The summed E-state index contributed by atoms with van der Waals surface area (Å²) in [6.07, 6.45) is 0.469. The second-order valence-electron chi connectivity index (χ2n) is 6.83. The van der Waals surface area contributed by atoms with Crippen LogP contribution in [0.3, 0.4) is 0 Å². The molecule has 0 amide bonds. The lowest BCUT2D eigenvalue weighted by Gasteiger charge is -2.17. The Balaban J connectivity index is 1.84. The van der Waals surface area contributed by atoms with Gasteiger partial charge in [-0.15, -0.1) is 0 Å². The maximum absolute atomic E-state index is 12.7. The molecule has 2 aromatic carbocycles. The number of halogens is 2. The highest BCUT2D eigenvalue weighted by atomic mass is 35.5. The predicted octanol–water partition coefficient (Wildman–Crippen LogP) is 4.69. The zero-order valence-electron chi connectivity index (χ0n) is 17.4. The number of carbonyl (C=O) groups is 1. The molecule has 7 nitrogen and oxygen atoms in total. The molecule has 0 aliphatic heterocycles. The lowest BCUT2D eigenvalue weighted by molar-refractivity contribution is 0.0697. The van der Waals surface area contributed by atoms with E-state index in [1.165, 1.54) is 37.0 Å². The summed E-state index contributed by atoms with van der Waals surface area (Å²) in [5, 5.41) is 9.33. The fourth-order valence-electron chi connectivity index (χ4n) is 3.09. The van der Waals surface area contributed by atoms with Gasteiger partial charge in [-0.25, -0.2) is 4.79 Å². The number of hydrogen-bond donors (Lipinski definition) is 1. The number of methoxy groups -OCH3 is 2. The lowest BCUT2D eigenvalue weighted by Crippen LogP contribution is -2.26. The number of pyridine rings is 1. The van der Waals surface area contributed by atoms with Crippen LogP contribution in [-0.2, 0) is 19.6 Å². The normalized spacial score (nSPS) is 10.6. The van der Waals surface area contributed by atoms with Gasteiger partial charge in [0.1, 0.15) is 28.9 Å². The number of hydrogen-bond acceptors (Lipinski definition) is 5. The van der Waals surface area contributed by atoms with Crippen LogP contribution >= 0.6 is 23.2 Å². The summed E-state index contributed by atoms with van der Waals surface area (Å²) in [5.41, 5.74) is 1.13. The average molecular weight is 478 g/mol. The van der Waals surface area contributed by atoms with Crippen LogP contribution in [-0.4, -0.2) is 29.9 Å². The molecule has 0 saturated carbocycles. The molecule has 3 aromatic rings. The molecule has 0 aliphatic carbocycles. The van der Waals surface area contributed by atoms with E-state index in [1.54, 1.807) is 30.3 Å². The van der Waals surface area contributed by atoms with Gasteiger partial charge in [-0.05, 0) is 30.2 Å². The van der Waals surface area contributed by atoms with Gasteiger partial charge in [0, 0.05) is 24.7 Å². The average Bonchev–Trinajstić information content (AvgIpc) is 2.79. The van der Waals surface area contributed by atoms with Crippen LogP contribution in [0.2, 0.25) is 10.0 Å². The number of carboxylic acid groups (broad SMARTS) is 1. The van der Waals surface area contributed by atoms with Crippen molar-refractivity contribution in [3.8, 4) is 17.2 Å². The number of ether oxygens (including phenoxy) is 3. The molecule has 0 saturated heterocycles. The quantitative estimate of drug-likeness (QED) is 0.480. The van der Waals surface area contributed by atoms with E-state index in [0.717, 1.165) is 5.56 Å².